The Morgan fingerprint density at radius 3 is 2.79 bits per heavy atom. The van der Waals surface area contributed by atoms with Crippen LogP contribution in [-0.2, 0) is 0 Å². The first-order valence-electron chi connectivity index (χ1n) is 5.91. The van der Waals surface area contributed by atoms with Gasteiger partial charge in [-0.2, -0.15) is 0 Å². The maximum atomic E-state index is 9.49. The number of hydrogen-bond donors (Lipinski definition) is 2. The smallest absolute Gasteiger partial charge is 0.0679 e. The number of nitrogens with two attached hydrogens (primary N) is 1. The minimum Gasteiger partial charge on any atom is -0.392 e. The normalized spacial score (nSPS) is 40.3. The molecule has 1 saturated carbocycles. The van der Waals surface area contributed by atoms with E-state index in [0.29, 0.717) is 6.04 Å². The van der Waals surface area contributed by atoms with E-state index in [2.05, 4.69) is 4.90 Å². The van der Waals surface area contributed by atoms with Crippen LogP contribution in [0, 0.1) is 5.92 Å². The second kappa shape index (κ2) is 4.60. The van der Waals surface area contributed by atoms with Crippen molar-refractivity contribution in [3.63, 3.8) is 0 Å². The summed E-state index contributed by atoms with van der Waals surface area (Å²) >= 11 is 0. The monoisotopic (exact) mass is 198 g/mol. The zero-order valence-corrected chi connectivity index (χ0v) is 8.86. The predicted molar refractivity (Wildman–Crippen MR) is 57.0 cm³/mol. The summed E-state index contributed by atoms with van der Waals surface area (Å²) in [5, 5.41) is 9.49. The summed E-state index contributed by atoms with van der Waals surface area (Å²) in [7, 11) is 0. The molecule has 2 aliphatic rings. The minimum absolute atomic E-state index is 0.0757. The molecule has 0 bridgehead atoms. The van der Waals surface area contributed by atoms with Gasteiger partial charge in [-0.05, 0) is 38.1 Å². The quantitative estimate of drug-likeness (QED) is 0.682. The Labute approximate surface area is 86.3 Å². The molecule has 3 atom stereocenters. The Morgan fingerprint density at radius 1 is 1.29 bits per heavy atom. The fourth-order valence-electron chi connectivity index (χ4n) is 2.91. The van der Waals surface area contributed by atoms with E-state index in [9.17, 15) is 5.11 Å². The molecule has 0 aromatic rings. The largest absolute Gasteiger partial charge is 0.392 e. The van der Waals surface area contributed by atoms with Crippen molar-refractivity contribution >= 4 is 0 Å². The highest BCUT2D eigenvalue weighted by atomic mass is 16.3. The molecule has 1 heterocycles. The highest BCUT2D eigenvalue weighted by molar-refractivity contribution is 4.85. The number of β-amino-alcohol motifs (C(OH)–C–C–N with tert-alkyl or cyclic N) is 1. The molecule has 3 heteroatoms. The molecular formula is C11H22N2O. The third kappa shape index (κ3) is 2.27. The van der Waals surface area contributed by atoms with E-state index < -0.39 is 0 Å². The average molecular weight is 198 g/mol. The molecule has 3 N–H and O–H groups in total. The molecule has 1 aliphatic heterocycles. The molecular weight excluding hydrogens is 176 g/mol. The third-order valence-electron chi connectivity index (χ3n) is 3.80. The predicted octanol–water partition coefficient (Wildman–Crippen LogP) is 0.570. The summed E-state index contributed by atoms with van der Waals surface area (Å²) in [6, 6.07) is 0.703. The van der Waals surface area contributed by atoms with E-state index in [1.165, 1.54) is 25.7 Å². The third-order valence-corrected chi connectivity index (χ3v) is 3.80. The van der Waals surface area contributed by atoms with E-state index in [4.69, 9.17) is 5.73 Å². The van der Waals surface area contributed by atoms with Gasteiger partial charge in [0.1, 0.15) is 0 Å². The van der Waals surface area contributed by atoms with Crippen LogP contribution in [0.3, 0.4) is 0 Å². The lowest BCUT2D eigenvalue weighted by atomic mass is 9.85. The number of aliphatic hydroxyl groups excluding tert-OH is 1. The van der Waals surface area contributed by atoms with Crippen LogP contribution in [0.2, 0.25) is 0 Å². The summed E-state index contributed by atoms with van der Waals surface area (Å²) in [5.41, 5.74) is 5.72. The van der Waals surface area contributed by atoms with E-state index in [1.807, 2.05) is 0 Å². The van der Waals surface area contributed by atoms with Crippen molar-refractivity contribution < 1.29 is 5.11 Å². The number of hydrogen-bond acceptors (Lipinski definition) is 3. The summed E-state index contributed by atoms with van der Waals surface area (Å²) in [6.45, 7) is 2.82. The number of rotatable bonds is 2. The van der Waals surface area contributed by atoms with Gasteiger partial charge in [0.15, 0.2) is 0 Å². The van der Waals surface area contributed by atoms with Crippen molar-refractivity contribution in [1.29, 1.82) is 0 Å². The summed E-state index contributed by atoms with van der Waals surface area (Å²) in [4.78, 5) is 2.46. The first-order valence-corrected chi connectivity index (χ1v) is 5.91. The minimum atomic E-state index is -0.0757. The maximum Gasteiger partial charge on any atom is 0.0679 e. The Morgan fingerprint density at radius 2 is 2.14 bits per heavy atom. The van der Waals surface area contributed by atoms with Gasteiger partial charge in [-0.15, -0.1) is 0 Å². The topological polar surface area (TPSA) is 49.5 Å². The Hall–Kier alpha value is -0.120. The van der Waals surface area contributed by atoms with Crippen LogP contribution >= 0.6 is 0 Å². The zero-order chi connectivity index (χ0) is 9.97. The van der Waals surface area contributed by atoms with Crippen LogP contribution in [-0.4, -0.2) is 41.8 Å². The number of aliphatic hydroxyl groups is 1. The van der Waals surface area contributed by atoms with Crippen molar-refractivity contribution in [2.24, 2.45) is 11.7 Å². The van der Waals surface area contributed by atoms with E-state index in [1.54, 1.807) is 0 Å². The van der Waals surface area contributed by atoms with Crippen LogP contribution in [0.1, 0.15) is 32.1 Å². The molecule has 2 fully saturated rings. The van der Waals surface area contributed by atoms with Crippen molar-refractivity contribution in [3.8, 4) is 0 Å². The van der Waals surface area contributed by atoms with Crippen LogP contribution in [0.5, 0.6) is 0 Å². The molecule has 0 spiro atoms. The molecule has 0 aromatic carbocycles. The summed E-state index contributed by atoms with van der Waals surface area (Å²) in [5.74, 6) is 0.728. The molecule has 3 unspecified atom stereocenters. The number of nitrogens with zero attached hydrogens (tertiary/aromatic N) is 1. The fraction of sp³-hybridized carbons (Fsp3) is 1.00. The molecule has 1 saturated heterocycles. The molecule has 0 aromatic heterocycles. The Balaban J connectivity index is 1.84. The molecule has 82 valence electrons. The standard InChI is InChI=1S/C11H22N2O/c12-7-9-2-1-3-10(6-9)13-5-4-11(14)8-13/h9-11,14H,1-8,12H2. The average Bonchev–Trinajstić information content (AvgIpc) is 2.65. The van der Waals surface area contributed by atoms with Crippen LogP contribution in [0.25, 0.3) is 0 Å². The molecule has 14 heavy (non-hydrogen) atoms. The first kappa shape index (κ1) is 10.4. The van der Waals surface area contributed by atoms with E-state index in [0.717, 1.165) is 32.0 Å². The van der Waals surface area contributed by atoms with Crippen LogP contribution < -0.4 is 5.73 Å². The van der Waals surface area contributed by atoms with E-state index in [-0.39, 0.29) is 6.10 Å². The SMILES string of the molecule is NCC1CCCC(N2CCC(O)C2)C1. The second-order valence-corrected chi connectivity index (χ2v) is 4.86. The molecule has 3 nitrogen and oxygen atoms in total. The van der Waals surface area contributed by atoms with Crippen molar-refractivity contribution in [3.05, 3.63) is 0 Å². The van der Waals surface area contributed by atoms with Crippen molar-refractivity contribution in [2.45, 2.75) is 44.2 Å². The van der Waals surface area contributed by atoms with Crippen LogP contribution in [0.4, 0.5) is 0 Å². The maximum absolute atomic E-state index is 9.49. The lowest BCUT2D eigenvalue weighted by Gasteiger charge is -2.34. The van der Waals surface area contributed by atoms with Crippen molar-refractivity contribution in [1.82, 2.24) is 4.90 Å². The van der Waals surface area contributed by atoms with Gasteiger partial charge >= 0.3 is 0 Å². The summed E-state index contributed by atoms with van der Waals surface area (Å²) < 4.78 is 0. The van der Waals surface area contributed by atoms with Gasteiger partial charge in [-0.1, -0.05) is 6.42 Å². The lowest BCUT2D eigenvalue weighted by Crippen LogP contribution is -2.39. The van der Waals surface area contributed by atoms with Gasteiger partial charge in [0.05, 0.1) is 6.10 Å². The van der Waals surface area contributed by atoms with Gasteiger partial charge < -0.3 is 10.8 Å². The van der Waals surface area contributed by atoms with Gasteiger partial charge in [0.2, 0.25) is 0 Å². The van der Waals surface area contributed by atoms with Gasteiger partial charge in [-0.25, -0.2) is 0 Å². The molecule has 1 aliphatic carbocycles. The second-order valence-electron chi connectivity index (χ2n) is 4.86. The van der Waals surface area contributed by atoms with Gasteiger partial charge in [0.25, 0.3) is 0 Å². The van der Waals surface area contributed by atoms with Crippen molar-refractivity contribution in [2.75, 3.05) is 19.6 Å². The first-order chi connectivity index (χ1) is 6.79. The zero-order valence-electron chi connectivity index (χ0n) is 8.86. The van der Waals surface area contributed by atoms with Gasteiger partial charge in [-0.3, -0.25) is 4.90 Å². The molecule has 0 radical (unpaired) electrons. The highest BCUT2D eigenvalue weighted by Gasteiger charge is 2.30. The fourth-order valence-corrected chi connectivity index (χ4v) is 2.91. The lowest BCUT2D eigenvalue weighted by molar-refractivity contribution is 0.127. The van der Waals surface area contributed by atoms with Crippen LogP contribution in [0.15, 0.2) is 0 Å². The van der Waals surface area contributed by atoms with E-state index >= 15 is 0 Å². The van der Waals surface area contributed by atoms with Gasteiger partial charge in [0, 0.05) is 19.1 Å². The molecule has 2 rings (SSSR count). The summed E-state index contributed by atoms with van der Waals surface area (Å²) in [6.07, 6.45) is 6.08. The highest BCUT2D eigenvalue weighted by Crippen LogP contribution is 2.29. The Kier molecular flexibility index (Phi) is 3.42. The number of likely N-dealkylation sites (tertiary alicyclic amines) is 1. The Bertz CT molecular complexity index is 186. The molecule has 0 amide bonds.